The lowest BCUT2D eigenvalue weighted by atomic mass is 10.1. The van der Waals surface area contributed by atoms with Gasteiger partial charge in [0, 0.05) is 30.6 Å². The quantitative estimate of drug-likeness (QED) is 0.778. The van der Waals surface area contributed by atoms with E-state index in [2.05, 4.69) is 0 Å². The molecule has 1 saturated heterocycles. The highest BCUT2D eigenvalue weighted by Gasteiger charge is 2.25. The smallest absolute Gasteiger partial charge is 0.260 e. The molecule has 0 spiro atoms. The van der Waals surface area contributed by atoms with Crippen LogP contribution in [0.4, 0.5) is 0 Å². The van der Waals surface area contributed by atoms with Crippen LogP contribution in [-0.2, 0) is 16.0 Å². The third kappa shape index (κ3) is 4.90. The van der Waals surface area contributed by atoms with Gasteiger partial charge in [0.15, 0.2) is 6.61 Å². The molecule has 0 N–H and O–H groups in total. The molecule has 0 radical (unpaired) electrons. The molecule has 0 saturated carbocycles. The number of nitrogens with zero attached hydrogens (tertiary/aromatic N) is 1. The monoisotopic (exact) mass is 375 g/mol. The van der Waals surface area contributed by atoms with Gasteiger partial charge in [0.1, 0.15) is 11.5 Å². The Hall–Kier alpha value is -2.24. The molecule has 2 aromatic carbocycles. The molecule has 1 aliphatic rings. The zero-order valence-electron chi connectivity index (χ0n) is 14.7. The molecule has 1 fully saturated rings. The first kappa shape index (κ1) is 18.5. The van der Waals surface area contributed by atoms with Crippen molar-refractivity contribution in [3.63, 3.8) is 0 Å². The third-order valence-electron chi connectivity index (χ3n) is 4.30. The first-order valence-electron chi connectivity index (χ1n) is 8.55. The molecule has 1 amide bonds. The number of morpholine rings is 1. The van der Waals surface area contributed by atoms with Gasteiger partial charge in [0.05, 0.1) is 19.8 Å². The van der Waals surface area contributed by atoms with E-state index in [0.29, 0.717) is 37.6 Å². The van der Waals surface area contributed by atoms with Gasteiger partial charge in [0.2, 0.25) is 0 Å². The lowest BCUT2D eigenvalue weighted by molar-refractivity contribution is -0.140. The van der Waals surface area contributed by atoms with Gasteiger partial charge in [-0.05, 0) is 23.8 Å². The van der Waals surface area contributed by atoms with Crippen molar-refractivity contribution in [2.75, 3.05) is 33.4 Å². The van der Waals surface area contributed by atoms with Crippen molar-refractivity contribution in [1.82, 2.24) is 4.90 Å². The topological polar surface area (TPSA) is 48.0 Å². The van der Waals surface area contributed by atoms with Crippen LogP contribution < -0.4 is 9.47 Å². The molecule has 1 atom stereocenters. The van der Waals surface area contributed by atoms with E-state index in [0.717, 1.165) is 10.6 Å². The summed E-state index contributed by atoms with van der Waals surface area (Å²) in [5.74, 6) is 1.25. The first-order valence-corrected chi connectivity index (χ1v) is 8.93. The van der Waals surface area contributed by atoms with Crippen LogP contribution in [0.3, 0.4) is 0 Å². The largest absolute Gasteiger partial charge is 0.497 e. The Morgan fingerprint density at radius 1 is 1.23 bits per heavy atom. The van der Waals surface area contributed by atoms with E-state index < -0.39 is 0 Å². The SMILES string of the molecule is COc1cccc(OCC(=O)N2CCO[C@H](Cc3ccccc3Cl)C2)c1. The number of halogens is 1. The molecule has 6 heteroatoms. The second-order valence-electron chi connectivity index (χ2n) is 6.10. The lowest BCUT2D eigenvalue weighted by Gasteiger charge is -2.33. The highest BCUT2D eigenvalue weighted by molar-refractivity contribution is 6.31. The number of amides is 1. The summed E-state index contributed by atoms with van der Waals surface area (Å²) in [6.07, 6.45) is 0.615. The second kappa shape index (κ2) is 8.92. The predicted molar refractivity (Wildman–Crippen MR) is 100.0 cm³/mol. The number of methoxy groups -OCH3 is 1. The highest BCUT2D eigenvalue weighted by Crippen LogP contribution is 2.21. The molecule has 1 aliphatic heterocycles. The Labute approximate surface area is 158 Å². The molecule has 0 aromatic heterocycles. The van der Waals surface area contributed by atoms with Gasteiger partial charge in [-0.3, -0.25) is 4.79 Å². The molecule has 3 rings (SSSR count). The number of benzene rings is 2. The Bertz CT molecular complexity index is 752. The summed E-state index contributed by atoms with van der Waals surface area (Å²) in [4.78, 5) is 14.3. The summed E-state index contributed by atoms with van der Waals surface area (Å²) in [5, 5.41) is 0.723. The van der Waals surface area contributed by atoms with Crippen molar-refractivity contribution in [2.24, 2.45) is 0 Å². The maximum Gasteiger partial charge on any atom is 0.260 e. The van der Waals surface area contributed by atoms with Crippen LogP contribution in [0.1, 0.15) is 5.56 Å². The van der Waals surface area contributed by atoms with Gasteiger partial charge in [-0.25, -0.2) is 0 Å². The minimum Gasteiger partial charge on any atom is -0.497 e. The maximum atomic E-state index is 12.5. The zero-order chi connectivity index (χ0) is 18.4. The van der Waals surface area contributed by atoms with Crippen molar-refractivity contribution >= 4 is 17.5 Å². The van der Waals surface area contributed by atoms with Crippen molar-refractivity contribution < 1.29 is 19.0 Å². The van der Waals surface area contributed by atoms with Gasteiger partial charge < -0.3 is 19.1 Å². The summed E-state index contributed by atoms with van der Waals surface area (Å²) in [6.45, 7) is 1.61. The number of hydrogen-bond donors (Lipinski definition) is 0. The van der Waals surface area contributed by atoms with Crippen molar-refractivity contribution in [2.45, 2.75) is 12.5 Å². The molecule has 0 aliphatic carbocycles. The van der Waals surface area contributed by atoms with Gasteiger partial charge >= 0.3 is 0 Å². The summed E-state index contributed by atoms with van der Waals surface area (Å²) < 4.78 is 16.6. The number of ether oxygens (including phenoxy) is 3. The minimum atomic E-state index is -0.0654. The summed E-state index contributed by atoms with van der Waals surface area (Å²) >= 11 is 6.22. The van der Waals surface area contributed by atoms with E-state index in [-0.39, 0.29) is 18.6 Å². The lowest BCUT2D eigenvalue weighted by Crippen LogP contribution is -2.47. The van der Waals surface area contributed by atoms with Gasteiger partial charge in [-0.15, -0.1) is 0 Å². The molecule has 5 nitrogen and oxygen atoms in total. The third-order valence-corrected chi connectivity index (χ3v) is 4.67. The fourth-order valence-electron chi connectivity index (χ4n) is 2.91. The van der Waals surface area contributed by atoms with E-state index in [1.54, 1.807) is 24.1 Å². The molecule has 2 aromatic rings. The normalized spacial score (nSPS) is 17.0. The van der Waals surface area contributed by atoms with E-state index >= 15 is 0 Å². The van der Waals surface area contributed by atoms with Crippen molar-refractivity contribution in [3.05, 3.63) is 59.1 Å². The summed E-state index contributed by atoms with van der Waals surface area (Å²) in [5.41, 5.74) is 1.03. The van der Waals surface area contributed by atoms with Gasteiger partial charge in [-0.2, -0.15) is 0 Å². The van der Waals surface area contributed by atoms with Crippen molar-refractivity contribution in [3.8, 4) is 11.5 Å². The number of hydrogen-bond acceptors (Lipinski definition) is 4. The second-order valence-corrected chi connectivity index (χ2v) is 6.50. The molecule has 138 valence electrons. The van der Waals surface area contributed by atoms with E-state index in [4.69, 9.17) is 25.8 Å². The zero-order valence-corrected chi connectivity index (χ0v) is 15.4. The minimum absolute atomic E-state index is 0.00796. The fraction of sp³-hybridized carbons (Fsp3) is 0.350. The van der Waals surface area contributed by atoms with E-state index in [1.807, 2.05) is 36.4 Å². The Kier molecular flexibility index (Phi) is 6.36. The Morgan fingerprint density at radius 3 is 2.85 bits per heavy atom. The predicted octanol–water partition coefficient (Wildman–Crippen LogP) is 3.20. The Balaban J connectivity index is 1.53. The fourth-order valence-corrected chi connectivity index (χ4v) is 3.12. The molecule has 0 bridgehead atoms. The van der Waals surface area contributed by atoms with E-state index in [1.165, 1.54) is 0 Å². The average molecular weight is 376 g/mol. The summed E-state index contributed by atoms with van der Waals surface area (Å²) in [7, 11) is 1.59. The standard InChI is InChI=1S/C20H22ClNO4/c1-24-16-6-4-7-17(12-16)26-14-20(23)22-9-10-25-18(13-22)11-15-5-2-3-8-19(15)21/h2-8,12,18H,9-11,13-14H2,1H3/t18-/m1/s1. The molecule has 0 unspecified atom stereocenters. The molecular formula is C20H22ClNO4. The van der Waals surface area contributed by atoms with Crippen LogP contribution >= 0.6 is 11.6 Å². The van der Waals surface area contributed by atoms with E-state index in [9.17, 15) is 4.79 Å². The van der Waals surface area contributed by atoms with Crippen LogP contribution in [0.5, 0.6) is 11.5 Å². The van der Waals surface area contributed by atoms with Crippen LogP contribution in [0.15, 0.2) is 48.5 Å². The first-order chi connectivity index (χ1) is 12.7. The molecule has 26 heavy (non-hydrogen) atoms. The van der Waals surface area contributed by atoms with Crippen LogP contribution in [0.25, 0.3) is 0 Å². The average Bonchev–Trinajstić information content (AvgIpc) is 2.68. The van der Waals surface area contributed by atoms with Crippen molar-refractivity contribution in [1.29, 1.82) is 0 Å². The van der Waals surface area contributed by atoms with Crippen LogP contribution in [0, 0.1) is 0 Å². The van der Waals surface area contributed by atoms with Crippen LogP contribution in [-0.4, -0.2) is 50.3 Å². The summed E-state index contributed by atoms with van der Waals surface area (Å²) in [6, 6.07) is 14.9. The molecular weight excluding hydrogens is 354 g/mol. The van der Waals surface area contributed by atoms with Gasteiger partial charge in [0.25, 0.3) is 5.91 Å². The highest BCUT2D eigenvalue weighted by atomic mass is 35.5. The molecule has 1 heterocycles. The number of carbonyl (C=O) groups is 1. The Morgan fingerprint density at radius 2 is 2.04 bits per heavy atom. The van der Waals surface area contributed by atoms with Gasteiger partial charge in [-0.1, -0.05) is 35.9 Å². The number of carbonyl (C=O) groups excluding carboxylic acids is 1. The number of rotatable bonds is 6. The van der Waals surface area contributed by atoms with Crippen LogP contribution in [0.2, 0.25) is 5.02 Å². The maximum absolute atomic E-state index is 12.5.